The number of nitrogens with zero attached hydrogens (tertiary/aromatic N) is 1. The zero-order valence-corrected chi connectivity index (χ0v) is 13.8. The minimum Gasteiger partial charge on any atom is -0.479 e. The van der Waals surface area contributed by atoms with Crippen LogP contribution in [0.25, 0.3) is 0 Å². The van der Waals surface area contributed by atoms with Crippen molar-refractivity contribution in [2.45, 2.75) is 26.4 Å². The van der Waals surface area contributed by atoms with Gasteiger partial charge >= 0.3 is 0 Å². The van der Waals surface area contributed by atoms with Gasteiger partial charge in [-0.1, -0.05) is 31.2 Å². The summed E-state index contributed by atoms with van der Waals surface area (Å²) in [5.41, 5.74) is 2.55. The second-order valence-corrected chi connectivity index (χ2v) is 5.75. The van der Waals surface area contributed by atoms with E-state index in [4.69, 9.17) is 4.74 Å². The van der Waals surface area contributed by atoms with Crippen LogP contribution in [0.4, 0.5) is 11.4 Å². The molecule has 0 aliphatic carbocycles. The van der Waals surface area contributed by atoms with Gasteiger partial charge in [0.15, 0.2) is 6.10 Å². The summed E-state index contributed by atoms with van der Waals surface area (Å²) in [5.74, 6) is 0.159. The summed E-state index contributed by atoms with van der Waals surface area (Å²) in [4.78, 5) is 26.2. The van der Waals surface area contributed by atoms with Crippen LogP contribution in [0.3, 0.4) is 0 Å². The first kappa shape index (κ1) is 16.1. The van der Waals surface area contributed by atoms with Gasteiger partial charge in [0.1, 0.15) is 12.3 Å². The normalized spacial score (nSPS) is 16.3. The Hall–Kier alpha value is -2.82. The Labute approximate surface area is 141 Å². The molecule has 0 fully saturated rings. The second kappa shape index (κ2) is 6.74. The van der Waals surface area contributed by atoms with Crippen molar-refractivity contribution in [3.8, 4) is 5.75 Å². The highest BCUT2D eigenvalue weighted by molar-refractivity contribution is 6.06. The zero-order chi connectivity index (χ0) is 17.1. The molecule has 3 rings (SSSR count). The topological polar surface area (TPSA) is 58.6 Å². The van der Waals surface area contributed by atoms with Crippen LogP contribution in [0.15, 0.2) is 48.5 Å². The summed E-state index contributed by atoms with van der Waals surface area (Å²) in [5, 5.41) is 2.83. The quantitative estimate of drug-likeness (QED) is 0.940. The summed E-state index contributed by atoms with van der Waals surface area (Å²) in [7, 11) is 0. The zero-order valence-electron chi connectivity index (χ0n) is 13.8. The van der Waals surface area contributed by atoms with Gasteiger partial charge in [0.2, 0.25) is 5.91 Å². The fourth-order valence-electron chi connectivity index (χ4n) is 2.69. The standard InChI is InChI=1S/C19H20N2O3/c1-3-14-8-10-15(11-9-14)20-18(22)12-21-16-6-4-5-7-17(16)24-13(2)19(21)23/h4-11,13H,3,12H2,1-2H3,(H,20,22). The lowest BCUT2D eigenvalue weighted by Gasteiger charge is -2.32. The van der Waals surface area contributed by atoms with Gasteiger partial charge in [0.05, 0.1) is 5.69 Å². The minimum absolute atomic E-state index is 0.0426. The highest BCUT2D eigenvalue weighted by atomic mass is 16.5. The predicted molar refractivity (Wildman–Crippen MR) is 93.3 cm³/mol. The Morgan fingerprint density at radius 2 is 1.88 bits per heavy atom. The molecule has 1 aliphatic rings. The lowest BCUT2D eigenvalue weighted by Crippen LogP contribution is -2.47. The van der Waals surface area contributed by atoms with E-state index in [1.54, 1.807) is 19.1 Å². The molecule has 0 saturated heterocycles. The number of nitrogens with one attached hydrogen (secondary N) is 1. The highest BCUT2D eigenvalue weighted by Gasteiger charge is 2.32. The van der Waals surface area contributed by atoms with Crippen LogP contribution < -0.4 is 15.0 Å². The van der Waals surface area contributed by atoms with Crippen molar-refractivity contribution in [2.75, 3.05) is 16.8 Å². The van der Waals surface area contributed by atoms with E-state index < -0.39 is 6.10 Å². The largest absolute Gasteiger partial charge is 0.479 e. The van der Waals surface area contributed by atoms with E-state index in [0.717, 1.165) is 12.1 Å². The molecule has 0 spiro atoms. The summed E-state index contributed by atoms with van der Waals surface area (Å²) in [6.45, 7) is 3.72. The average molecular weight is 324 g/mol. The molecule has 24 heavy (non-hydrogen) atoms. The molecule has 5 nitrogen and oxygen atoms in total. The average Bonchev–Trinajstić information content (AvgIpc) is 2.59. The third-order valence-electron chi connectivity index (χ3n) is 4.02. The molecule has 0 bridgehead atoms. The third kappa shape index (κ3) is 3.25. The maximum Gasteiger partial charge on any atom is 0.268 e. The Morgan fingerprint density at radius 1 is 1.17 bits per heavy atom. The monoisotopic (exact) mass is 324 g/mol. The van der Waals surface area contributed by atoms with Crippen LogP contribution in [0.5, 0.6) is 5.75 Å². The first-order chi connectivity index (χ1) is 11.6. The Bertz CT molecular complexity index is 755. The number of hydrogen-bond acceptors (Lipinski definition) is 3. The van der Waals surface area contributed by atoms with Crippen molar-refractivity contribution in [2.24, 2.45) is 0 Å². The van der Waals surface area contributed by atoms with Crippen molar-refractivity contribution >= 4 is 23.2 Å². The van der Waals surface area contributed by atoms with Crippen LogP contribution >= 0.6 is 0 Å². The van der Waals surface area contributed by atoms with E-state index in [2.05, 4.69) is 12.2 Å². The first-order valence-corrected chi connectivity index (χ1v) is 8.04. The van der Waals surface area contributed by atoms with E-state index in [0.29, 0.717) is 11.4 Å². The third-order valence-corrected chi connectivity index (χ3v) is 4.02. The van der Waals surface area contributed by atoms with E-state index in [-0.39, 0.29) is 18.4 Å². The summed E-state index contributed by atoms with van der Waals surface area (Å²) >= 11 is 0. The Balaban J connectivity index is 1.74. The summed E-state index contributed by atoms with van der Waals surface area (Å²) in [6, 6.07) is 14.9. The molecular formula is C19H20N2O3. The summed E-state index contributed by atoms with van der Waals surface area (Å²) in [6.07, 6.45) is 0.349. The number of carbonyl (C=O) groups excluding carboxylic acids is 2. The van der Waals surface area contributed by atoms with E-state index in [1.807, 2.05) is 36.4 Å². The van der Waals surface area contributed by atoms with Crippen molar-refractivity contribution in [1.82, 2.24) is 0 Å². The van der Waals surface area contributed by atoms with E-state index >= 15 is 0 Å². The van der Waals surface area contributed by atoms with Crippen molar-refractivity contribution in [1.29, 1.82) is 0 Å². The summed E-state index contributed by atoms with van der Waals surface area (Å²) < 4.78 is 5.58. The number of carbonyl (C=O) groups is 2. The Kier molecular flexibility index (Phi) is 4.51. The fourth-order valence-corrected chi connectivity index (χ4v) is 2.69. The molecule has 124 valence electrons. The fraction of sp³-hybridized carbons (Fsp3) is 0.263. The second-order valence-electron chi connectivity index (χ2n) is 5.75. The number of anilines is 2. The van der Waals surface area contributed by atoms with Gasteiger partial charge in [-0.25, -0.2) is 0 Å². The molecule has 0 saturated carbocycles. The van der Waals surface area contributed by atoms with Crippen molar-refractivity contribution in [3.63, 3.8) is 0 Å². The molecule has 2 aromatic rings. The molecular weight excluding hydrogens is 304 g/mol. The molecule has 2 aromatic carbocycles. The molecule has 0 radical (unpaired) electrons. The van der Waals surface area contributed by atoms with Crippen molar-refractivity contribution in [3.05, 3.63) is 54.1 Å². The van der Waals surface area contributed by atoms with Crippen LogP contribution in [-0.4, -0.2) is 24.5 Å². The minimum atomic E-state index is -0.600. The van der Waals surface area contributed by atoms with E-state index in [9.17, 15) is 9.59 Å². The van der Waals surface area contributed by atoms with Gasteiger partial charge in [-0.3, -0.25) is 14.5 Å². The number of para-hydroxylation sites is 2. The van der Waals surface area contributed by atoms with Gasteiger partial charge in [0.25, 0.3) is 5.91 Å². The van der Waals surface area contributed by atoms with Gasteiger partial charge < -0.3 is 10.1 Å². The smallest absolute Gasteiger partial charge is 0.268 e. The molecule has 1 aliphatic heterocycles. The number of benzene rings is 2. The molecule has 1 unspecified atom stereocenters. The SMILES string of the molecule is CCc1ccc(NC(=O)CN2C(=O)C(C)Oc3ccccc32)cc1. The Morgan fingerprint density at radius 3 is 2.58 bits per heavy atom. The molecule has 1 N–H and O–H groups in total. The number of aryl methyl sites for hydroxylation is 1. The lowest BCUT2D eigenvalue weighted by atomic mass is 10.1. The number of hydrogen-bond donors (Lipinski definition) is 1. The van der Waals surface area contributed by atoms with Crippen LogP contribution in [0, 0.1) is 0 Å². The maximum absolute atomic E-state index is 12.4. The lowest BCUT2D eigenvalue weighted by molar-refractivity contribution is -0.127. The number of fused-ring (bicyclic) bond motifs is 1. The van der Waals surface area contributed by atoms with Gasteiger partial charge in [-0.2, -0.15) is 0 Å². The number of rotatable bonds is 4. The van der Waals surface area contributed by atoms with Gasteiger partial charge in [-0.05, 0) is 43.2 Å². The maximum atomic E-state index is 12.4. The predicted octanol–water partition coefficient (Wildman–Crippen LogP) is 3.00. The van der Waals surface area contributed by atoms with Gasteiger partial charge in [0, 0.05) is 5.69 Å². The first-order valence-electron chi connectivity index (χ1n) is 8.04. The van der Waals surface area contributed by atoms with Crippen LogP contribution in [0.2, 0.25) is 0 Å². The molecule has 0 aromatic heterocycles. The van der Waals surface area contributed by atoms with Crippen LogP contribution in [-0.2, 0) is 16.0 Å². The molecule has 2 amide bonds. The highest BCUT2D eigenvalue weighted by Crippen LogP contribution is 2.33. The number of ether oxygens (including phenoxy) is 1. The van der Waals surface area contributed by atoms with Gasteiger partial charge in [-0.15, -0.1) is 0 Å². The molecule has 1 heterocycles. The van der Waals surface area contributed by atoms with E-state index in [1.165, 1.54) is 10.5 Å². The van der Waals surface area contributed by atoms with Crippen LogP contribution in [0.1, 0.15) is 19.4 Å². The number of amides is 2. The molecule has 5 heteroatoms. The molecule has 1 atom stereocenters. The van der Waals surface area contributed by atoms with Crippen molar-refractivity contribution < 1.29 is 14.3 Å².